The maximum atomic E-state index is 9.48. The zero-order chi connectivity index (χ0) is 12.3. The van der Waals surface area contributed by atoms with E-state index in [0.29, 0.717) is 12.1 Å². The van der Waals surface area contributed by atoms with E-state index in [1.165, 1.54) is 32.4 Å². The number of hydrogen-bond donors (Lipinski definition) is 2. The van der Waals surface area contributed by atoms with Crippen molar-refractivity contribution < 1.29 is 5.11 Å². The Balaban J connectivity index is 1.63. The van der Waals surface area contributed by atoms with Gasteiger partial charge in [0.25, 0.3) is 0 Å². The van der Waals surface area contributed by atoms with Gasteiger partial charge in [0.2, 0.25) is 0 Å². The number of aliphatic hydroxyl groups is 1. The third kappa shape index (κ3) is 3.94. The molecule has 0 bridgehead atoms. The fraction of sp³-hybridized carbons (Fsp3) is 1.00. The molecule has 0 spiro atoms. The van der Waals surface area contributed by atoms with Crippen LogP contribution in [0, 0.1) is 5.92 Å². The Bertz CT molecular complexity index is 224. The summed E-state index contributed by atoms with van der Waals surface area (Å²) in [5.74, 6) is 0.798. The van der Waals surface area contributed by atoms with Crippen molar-refractivity contribution in [3.05, 3.63) is 0 Å². The van der Waals surface area contributed by atoms with Gasteiger partial charge in [0.05, 0.1) is 6.10 Å². The third-order valence-electron chi connectivity index (χ3n) is 4.46. The maximum absolute atomic E-state index is 9.48. The van der Waals surface area contributed by atoms with Gasteiger partial charge in [-0.05, 0) is 65.0 Å². The normalized spacial score (nSPS) is 35.6. The molecule has 1 heterocycles. The molecule has 1 aliphatic carbocycles. The van der Waals surface area contributed by atoms with Crippen molar-refractivity contribution >= 4 is 0 Å². The van der Waals surface area contributed by atoms with Gasteiger partial charge in [-0.25, -0.2) is 0 Å². The average Bonchev–Trinajstić information content (AvgIpc) is 2.77. The van der Waals surface area contributed by atoms with Crippen LogP contribution in [0.1, 0.15) is 46.0 Å². The second-order valence-corrected chi connectivity index (χ2v) is 6.16. The smallest absolute Gasteiger partial charge is 0.0540 e. The van der Waals surface area contributed by atoms with E-state index >= 15 is 0 Å². The van der Waals surface area contributed by atoms with Crippen LogP contribution in [0.25, 0.3) is 0 Å². The summed E-state index contributed by atoms with van der Waals surface area (Å²) in [5, 5.41) is 13.2. The lowest BCUT2D eigenvalue weighted by atomic mass is 9.87. The molecular formula is C14H28N2O. The molecule has 1 aliphatic heterocycles. The Kier molecular flexibility index (Phi) is 4.83. The van der Waals surface area contributed by atoms with Gasteiger partial charge in [0.1, 0.15) is 0 Å². The monoisotopic (exact) mass is 240 g/mol. The van der Waals surface area contributed by atoms with E-state index in [-0.39, 0.29) is 6.10 Å². The molecule has 1 unspecified atom stereocenters. The number of nitrogens with one attached hydrogen (secondary N) is 1. The Hall–Kier alpha value is -0.120. The summed E-state index contributed by atoms with van der Waals surface area (Å²) in [6.45, 7) is 8.19. The lowest BCUT2D eigenvalue weighted by Crippen LogP contribution is -2.38. The van der Waals surface area contributed by atoms with E-state index in [0.717, 1.165) is 25.3 Å². The van der Waals surface area contributed by atoms with Crippen LogP contribution in [0.4, 0.5) is 0 Å². The number of rotatable bonds is 4. The molecule has 3 heteroatoms. The molecule has 0 aromatic rings. The average molecular weight is 240 g/mol. The van der Waals surface area contributed by atoms with Gasteiger partial charge in [-0.1, -0.05) is 0 Å². The van der Waals surface area contributed by atoms with Crippen LogP contribution >= 0.6 is 0 Å². The van der Waals surface area contributed by atoms with E-state index in [9.17, 15) is 5.11 Å². The van der Waals surface area contributed by atoms with Gasteiger partial charge in [-0.3, -0.25) is 4.90 Å². The molecule has 17 heavy (non-hydrogen) atoms. The summed E-state index contributed by atoms with van der Waals surface area (Å²) in [5.41, 5.74) is 0. The molecule has 0 amide bonds. The highest BCUT2D eigenvalue weighted by atomic mass is 16.3. The first-order valence-corrected chi connectivity index (χ1v) is 7.30. The van der Waals surface area contributed by atoms with E-state index in [4.69, 9.17) is 0 Å². The molecule has 1 atom stereocenters. The van der Waals surface area contributed by atoms with Crippen molar-refractivity contribution in [1.82, 2.24) is 10.2 Å². The Morgan fingerprint density at radius 1 is 1.18 bits per heavy atom. The SMILES string of the molecule is CC(C)N1CCC(NCC2CCC(O)CC2)C1. The molecular weight excluding hydrogens is 212 g/mol. The molecule has 2 N–H and O–H groups in total. The summed E-state index contributed by atoms with van der Waals surface area (Å²) in [6, 6.07) is 1.39. The molecule has 2 fully saturated rings. The molecule has 2 rings (SSSR count). The van der Waals surface area contributed by atoms with Crippen LogP contribution < -0.4 is 5.32 Å². The summed E-state index contributed by atoms with van der Waals surface area (Å²) in [4.78, 5) is 2.56. The zero-order valence-electron chi connectivity index (χ0n) is 11.4. The predicted octanol–water partition coefficient (Wildman–Crippen LogP) is 1.61. The molecule has 1 saturated carbocycles. The van der Waals surface area contributed by atoms with Gasteiger partial charge in [-0.2, -0.15) is 0 Å². The molecule has 2 aliphatic rings. The lowest BCUT2D eigenvalue weighted by Gasteiger charge is -2.27. The standard InChI is InChI=1S/C14H28N2O/c1-11(2)16-8-7-13(10-16)15-9-12-3-5-14(17)6-4-12/h11-15,17H,3-10H2,1-2H3. The Morgan fingerprint density at radius 3 is 2.47 bits per heavy atom. The first kappa shape index (κ1) is 13.3. The lowest BCUT2D eigenvalue weighted by molar-refractivity contribution is 0.107. The van der Waals surface area contributed by atoms with Crippen LogP contribution in [0.2, 0.25) is 0 Å². The highest BCUT2D eigenvalue weighted by molar-refractivity contribution is 4.84. The third-order valence-corrected chi connectivity index (χ3v) is 4.46. The van der Waals surface area contributed by atoms with Crippen molar-refractivity contribution in [2.45, 2.75) is 64.1 Å². The first-order chi connectivity index (χ1) is 8.15. The summed E-state index contributed by atoms with van der Waals surface area (Å²) >= 11 is 0. The zero-order valence-corrected chi connectivity index (χ0v) is 11.4. The molecule has 3 nitrogen and oxygen atoms in total. The molecule has 100 valence electrons. The highest BCUT2D eigenvalue weighted by Gasteiger charge is 2.25. The van der Waals surface area contributed by atoms with Gasteiger partial charge in [-0.15, -0.1) is 0 Å². The van der Waals surface area contributed by atoms with Gasteiger partial charge in [0.15, 0.2) is 0 Å². The van der Waals surface area contributed by atoms with Crippen LogP contribution in [0.15, 0.2) is 0 Å². The summed E-state index contributed by atoms with van der Waals surface area (Å²) in [7, 11) is 0. The topological polar surface area (TPSA) is 35.5 Å². The Labute approximate surface area is 106 Å². The number of likely N-dealkylation sites (tertiary alicyclic amines) is 1. The maximum Gasteiger partial charge on any atom is 0.0540 e. The van der Waals surface area contributed by atoms with Crippen LogP contribution in [-0.2, 0) is 0 Å². The summed E-state index contributed by atoms with van der Waals surface area (Å²) < 4.78 is 0. The van der Waals surface area contributed by atoms with E-state index in [1.54, 1.807) is 0 Å². The number of aliphatic hydroxyl groups excluding tert-OH is 1. The Morgan fingerprint density at radius 2 is 1.88 bits per heavy atom. The van der Waals surface area contributed by atoms with Crippen molar-refractivity contribution in [2.75, 3.05) is 19.6 Å². The minimum absolute atomic E-state index is 0.0193. The van der Waals surface area contributed by atoms with E-state index in [1.807, 2.05) is 0 Å². The van der Waals surface area contributed by atoms with Crippen molar-refractivity contribution in [3.63, 3.8) is 0 Å². The second kappa shape index (κ2) is 6.17. The van der Waals surface area contributed by atoms with Crippen LogP contribution in [0.5, 0.6) is 0 Å². The predicted molar refractivity (Wildman–Crippen MR) is 71.1 cm³/mol. The minimum Gasteiger partial charge on any atom is -0.393 e. The van der Waals surface area contributed by atoms with Crippen molar-refractivity contribution in [3.8, 4) is 0 Å². The molecule has 1 saturated heterocycles. The molecule has 0 aromatic heterocycles. The fourth-order valence-corrected chi connectivity index (χ4v) is 3.11. The van der Waals surface area contributed by atoms with E-state index in [2.05, 4.69) is 24.1 Å². The van der Waals surface area contributed by atoms with Crippen molar-refractivity contribution in [2.24, 2.45) is 5.92 Å². The van der Waals surface area contributed by atoms with E-state index < -0.39 is 0 Å². The number of hydrogen-bond acceptors (Lipinski definition) is 3. The van der Waals surface area contributed by atoms with Gasteiger partial charge < -0.3 is 10.4 Å². The minimum atomic E-state index is -0.0193. The van der Waals surface area contributed by atoms with Gasteiger partial charge >= 0.3 is 0 Å². The highest BCUT2D eigenvalue weighted by Crippen LogP contribution is 2.24. The quantitative estimate of drug-likeness (QED) is 0.783. The molecule has 0 radical (unpaired) electrons. The van der Waals surface area contributed by atoms with Crippen LogP contribution in [-0.4, -0.2) is 47.8 Å². The second-order valence-electron chi connectivity index (χ2n) is 6.16. The number of nitrogens with zero attached hydrogens (tertiary/aromatic N) is 1. The summed E-state index contributed by atoms with van der Waals surface area (Å²) in [6.07, 6.45) is 5.70. The van der Waals surface area contributed by atoms with Gasteiger partial charge in [0, 0.05) is 18.6 Å². The molecule has 0 aromatic carbocycles. The van der Waals surface area contributed by atoms with Crippen LogP contribution in [0.3, 0.4) is 0 Å². The first-order valence-electron chi connectivity index (χ1n) is 7.30. The largest absolute Gasteiger partial charge is 0.393 e. The fourth-order valence-electron chi connectivity index (χ4n) is 3.11. The van der Waals surface area contributed by atoms with Crippen molar-refractivity contribution in [1.29, 1.82) is 0 Å².